The van der Waals surface area contributed by atoms with E-state index in [1.807, 2.05) is 0 Å². The SMILES string of the molecule is COc1cc(C(=O)CCC(C)(O)c2ccc(OC)c(-c3ccc(F)c(C)c3)n2)ccc1OCC(C)=O. The van der Waals surface area contributed by atoms with E-state index in [1.54, 1.807) is 56.3 Å². The number of aliphatic hydroxyl groups is 1. The molecule has 8 heteroatoms. The first-order chi connectivity index (χ1) is 17.1. The van der Waals surface area contributed by atoms with E-state index in [1.165, 1.54) is 27.2 Å². The Hall–Kier alpha value is -3.78. The minimum Gasteiger partial charge on any atom is -0.494 e. The Morgan fingerprint density at radius 3 is 2.33 bits per heavy atom. The zero-order valence-electron chi connectivity index (χ0n) is 21.1. The Bertz CT molecular complexity index is 1270. The Morgan fingerprint density at radius 2 is 1.69 bits per heavy atom. The van der Waals surface area contributed by atoms with E-state index < -0.39 is 5.60 Å². The number of aryl methyl sites for hydroxylation is 1. The van der Waals surface area contributed by atoms with Gasteiger partial charge in [0.2, 0.25) is 0 Å². The Labute approximate surface area is 209 Å². The highest BCUT2D eigenvalue weighted by molar-refractivity contribution is 5.96. The van der Waals surface area contributed by atoms with Crippen molar-refractivity contribution in [1.29, 1.82) is 0 Å². The molecule has 0 saturated carbocycles. The number of pyridine rings is 1. The topological polar surface area (TPSA) is 95.0 Å². The number of benzene rings is 2. The molecule has 0 saturated heterocycles. The van der Waals surface area contributed by atoms with Crippen molar-refractivity contribution < 1.29 is 33.3 Å². The molecule has 1 atom stereocenters. The molecule has 0 spiro atoms. The third kappa shape index (κ3) is 6.26. The molecule has 1 N–H and O–H groups in total. The maximum absolute atomic E-state index is 13.8. The van der Waals surface area contributed by atoms with E-state index in [2.05, 4.69) is 4.98 Å². The highest BCUT2D eigenvalue weighted by atomic mass is 19.1. The minimum absolute atomic E-state index is 0.0441. The summed E-state index contributed by atoms with van der Waals surface area (Å²) < 4.78 is 29.9. The molecule has 0 aliphatic rings. The number of rotatable bonds is 11. The van der Waals surface area contributed by atoms with Crippen LogP contribution in [0.4, 0.5) is 4.39 Å². The number of ketones is 2. The minimum atomic E-state index is -1.42. The van der Waals surface area contributed by atoms with E-state index in [-0.39, 0.29) is 36.8 Å². The van der Waals surface area contributed by atoms with Gasteiger partial charge in [-0.2, -0.15) is 0 Å². The van der Waals surface area contributed by atoms with Crippen molar-refractivity contribution in [3.8, 4) is 28.5 Å². The van der Waals surface area contributed by atoms with Crippen LogP contribution in [-0.2, 0) is 10.4 Å². The van der Waals surface area contributed by atoms with E-state index in [0.717, 1.165) is 0 Å². The second kappa shape index (κ2) is 11.3. The van der Waals surface area contributed by atoms with Crippen molar-refractivity contribution in [1.82, 2.24) is 4.98 Å². The summed E-state index contributed by atoms with van der Waals surface area (Å²) in [4.78, 5) is 28.7. The number of carbonyl (C=O) groups excluding carboxylic acids is 2. The standard InChI is InChI=1S/C28H30FNO6/c1-17-14-20(6-8-21(17)29)27-24(34-4)10-11-26(30-27)28(3,33)13-12-22(32)19-7-9-23(25(15-19)35-5)36-16-18(2)31/h6-11,14-15,33H,12-13,16H2,1-5H3. The number of Topliss-reactive ketones (excluding diaryl/α,β-unsaturated/α-hetero) is 2. The Balaban J connectivity index is 1.79. The summed E-state index contributed by atoms with van der Waals surface area (Å²) in [5, 5.41) is 11.2. The summed E-state index contributed by atoms with van der Waals surface area (Å²) in [6, 6.07) is 12.7. The first-order valence-electron chi connectivity index (χ1n) is 11.4. The second-order valence-electron chi connectivity index (χ2n) is 8.76. The lowest BCUT2D eigenvalue weighted by Crippen LogP contribution is -2.24. The van der Waals surface area contributed by atoms with Crippen molar-refractivity contribution in [2.24, 2.45) is 0 Å². The van der Waals surface area contributed by atoms with Crippen LogP contribution >= 0.6 is 0 Å². The largest absolute Gasteiger partial charge is 0.494 e. The summed E-state index contributed by atoms with van der Waals surface area (Å²) in [7, 11) is 2.96. The van der Waals surface area contributed by atoms with Crippen molar-refractivity contribution in [3.63, 3.8) is 0 Å². The van der Waals surface area contributed by atoms with Crippen molar-refractivity contribution in [2.75, 3.05) is 20.8 Å². The van der Waals surface area contributed by atoms with Crippen LogP contribution in [0.15, 0.2) is 48.5 Å². The number of methoxy groups -OCH3 is 2. The molecule has 2 aromatic carbocycles. The van der Waals surface area contributed by atoms with Gasteiger partial charge in [0.25, 0.3) is 0 Å². The molecule has 0 fully saturated rings. The van der Waals surface area contributed by atoms with Gasteiger partial charge in [0.05, 0.1) is 19.9 Å². The van der Waals surface area contributed by atoms with E-state index in [9.17, 15) is 19.1 Å². The molecule has 0 aliphatic heterocycles. The lowest BCUT2D eigenvalue weighted by atomic mass is 9.92. The van der Waals surface area contributed by atoms with Gasteiger partial charge in [-0.15, -0.1) is 0 Å². The second-order valence-corrected chi connectivity index (χ2v) is 8.76. The zero-order valence-corrected chi connectivity index (χ0v) is 21.1. The number of nitrogens with zero attached hydrogens (tertiary/aromatic N) is 1. The van der Waals surface area contributed by atoms with Gasteiger partial charge in [-0.05, 0) is 81.3 Å². The maximum atomic E-state index is 13.8. The molecule has 3 rings (SSSR count). The fourth-order valence-electron chi connectivity index (χ4n) is 3.68. The van der Waals surface area contributed by atoms with Gasteiger partial charge in [0.15, 0.2) is 23.1 Å². The highest BCUT2D eigenvalue weighted by Gasteiger charge is 2.28. The lowest BCUT2D eigenvalue weighted by molar-refractivity contribution is -0.118. The molecule has 0 aliphatic carbocycles. The number of ether oxygens (including phenoxy) is 3. The maximum Gasteiger partial charge on any atom is 0.167 e. The zero-order chi connectivity index (χ0) is 26.5. The molecule has 1 aromatic heterocycles. The van der Waals surface area contributed by atoms with E-state index >= 15 is 0 Å². The molecule has 1 heterocycles. The fourth-order valence-corrected chi connectivity index (χ4v) is 3.68. The molecule has 7 nitrogen and oxygen atoms in total. The first-order valence-corrected chi connectivity index (χ1v) is 11.4. The molecule has 0 bridgehead atoms. The van der Waals surface area contributed by atoms with Crippen LogP contribution in [0.5, 0.6) is 17.2 Å². The molecular weight excluding hydrogens is 465 g/mol. The van der Waals surface area contributed by atoms with Crippen LogP contribution < -0.4 is 14.2 Å². The van der Waals surface area contributed by atoms with Gasteiger partial charge in [0.1, 0.15) is 29.5 Å². The molecular formula is C28H30FNO6. The predicted octanol–water partition coefficient (Wildman–Crippen LogP) is 5.05. The van der Waals surface area contributed by atoms with Gasteiger partial charge in [-0.1, -0.05) is 0 Å². The van der Waals surface area contributed by atoms with Crippen LogP contribution in [0.1, 0.15) is 48.3 Å². The van der Waals surface area contributed by atoms with Crippen molar-refractivity contribution >= 4 is 11.6 Å². The Morgan fingerprint density at radius 1 is 1.00 bits per heavy atom. The van der Waals surface area contributed by atoms with E-state index in [4.69, 9.17) is 14.2 Å². The first kappa shape index (κ1) is 26.8. The number of carbonyl (C=O) groups is 2. The third-order valence-electron chi connectivity index (χ3n) is 5.82. The number of hydrogen-bond acceptors (Lipinski definition) is 7. The number of aromatic nitrogens is 1. The summed E-state index contributed by atoms with van der Waals surface area (Å²) >= 11 is 0. The molecule has 1 unspecified atom stereocenters. The average molecular weight is 496 g/mol. The van der Waals surface area contributed by atoms with Gasteiger partial charge in [-0.25, -0.2) is 9.37 Å². The predicted molar refractivity (Wildman–Crippen MR) is 133 cm³/mol. The fraction of sp³-hybridized carbons (Fsp3) is 0.321. The lowest BCUT2D eigenvalue weighted by Gasteiger charge is -2.24. The smallest absolute Gasteiger partial charge is 0.167 e. The average Bonchev–Trinajstić information content (AvgIpc) is 2.87. The molecule has 190 valence electrons. The summed E-state index contributed by atoms with van der Waals surface area (Å²) in [5.41, 5.74) is 0.920. The number of hydrogen-bond donors (Lipinski definition) is 1. The summed E-state index contributed by atoms with van der Waals surface area (Å²) in [6.45, 7) is 4.57. The Kier molecular flexibility index (Phi) is 8.42. The molecule has 0 amide bonds. The molecule has 3 aromatic rings. The van der Waals surface area contributed by atoms with Crippen LogP contribution in [0.3, 0.4) is 0 Å². The quantitative estimate of drug-likeness (QED) is 0.372. The van der Waals surface area contributed by atoms with Gasteiger partial charge >= 0.3 is 0 Å². The van der Waals surface area contributed by atoms with E-state index in [0.29, 0.717) is 45.3 Å². The summed E-state index contributed by atoms with van der Waals surface area (Å²) in [5.74, 6) is 0.524. The van der Waals surface area contributed by atoms with Crippen LogP contribution in [-0.4, -0.2) is 42.5 Å². The van der Waals surface area contributed by atoms with Crippen LogP contribution in [0.2, 0.25) is 0 Å². The molecule has 0 radical (unpaired) electrons. The van der Waals surface area contributed by atoms with Crippen molar-refractivity contribution in [2.45, 2.75) is 39.2 Å². The van der Waals surface area contributed by atoms with Crippen molar-refractivity contribution in [3.05, 3.63) is 71.2 Å². The highest BCUT2D eigenvalue weighted by Crippen LogP contribution is 2.34. The van der Waals surface area contributed by atoms with Crippen LogP contribution in [0.25, 0.3) is 11.3 Å². The van der Waals surface area contributed by atoms with Gasteiger partial charge in [0, 0.05) is 17.5 Å². The monoisotopic (exact) mass is 495 g/mol. The van der Waals surface area contributed by atoms with Gasteiger partial charge < -0.3 is 19.3 Å². The van der Waals surface area contributed by atoms with Gasteiger partial charge in [-0.3, -0.25) is 9.59 Å². The molecule has 36 heavy (non-hydrogen) atoms. The summed E-state index contributed by atoms with van der Waals surface area (Å²) in [6.07, 6.45) is 0.153. The number of halogens is 1. The third-order valence-corrected chi connectivity index (χ3v) is 5.82. The normalized spacial score (nSPS) is 12.5. The van der Waals surface area contributed by atoms with Crippen LogP contribution in [0, 0.1) is 12.7 Å².